The molecule has 0 aromatic rings. The zero-order valence-corrected chi connectivity index (χ0v) is 9.84. The molecule has 0 aromatic heterocycles. The summed E-state index contributed by atoms with van der Waals surface area (Å²) in [4.78, 5) is 2.04. The summed E-state index contributed by atoms with van der Waals surface area (Å²) in [6.45, 7) is 7.74. The van der Waals surface area contributed by atoms with Gasteiger partial charge < -0.3 is 9.64 Å². The standard InChI is InChI=1S/C8H17NOS2/c1-5-9(7(11)12)8(2,3)6-10-4/h5-6H2,1-4H3,(H,11,12). The Labute approximate surface area is 85.7 Å². The summed E-state index contributed by atoms with van der Waals surface area (Å²) < 4.78 is 5.73. The highest BCUT2D eigenvalue weighted by molar-refractivity contribution is 8.10. The highest BCUT2D eigenvalue weighted by Crippen LogP contribution is 2.16. The molecule has 4 heteroatoms. The van der Waals surface area contributed by atoms with Crippen LogP contribution in [-0.2, 0) is 4.74 Å². The zero-order valence-electron chi connectivity index (χ0n) is 8.13. The summed E-state index contributed by atoms with van der Waals surface area (Å²) in [7, 11) is 1.69. The number of methoxy groups -OCH3 is 1. The summed E-state index contributed by atoms with van der Waals surface area (Å²) in [5.41, 5.74) is -0.0671. The molecule has 12 heavy (non-hydrogen) atoms. The third-order valence-corrected chi connectivity index (χ3v) is 2.24. The predicted octanol–water partition coefficient (Wildman–Crippen LogP) is 1.95. The lowest BCUT2D eigenvalue weighted by Crippen LogP contribution is -2.48. The van der Waals surface area contributed by atoms with Gasteiger partial charge in [-0.15, -0.1) is 12.6 Å². The molecule has 0 aromatic carbocycles. The summed E-state index contributed by atoms with van der Waals surface area (Å²) in [6.07, 6.45) is 0. The SMILES string of the molecule is CCN(C(=S)S)C(C)(C)COC. The summed E-state index contributed by atoms with van der Waals surface area (Å²) >= 11 is 9.17. The van der Waals surface area contributed by atoms with Crippen molar-refractivity contribution in [1.29, 1.82) is 0 Å². The molecular weight excluding hydrogens is 190 g/mol. The van der Waals surface area contributed by atoms with E-state index in [2.05, 4.69) is 33.4 Å². The van der Waals surface area contributed by atoms with E-state index in [1.807, 2.05) is 4.90 Å². The van der Waals surface area contributed by atoms with Crippen molar-refractivity contribution in [3.63, 3.8) is 0 Å². The van der Waals surface area contributed by atoms with Crippen LogP contribution in [0.25, 0.3) is 0 Å². The molecule has 0 saturated carbocycles. The van der Waals surface area contributed by atoms with Gasteiger partial charge in [0.2, 0.25) is 0 Å². The van der Waals surface area contributed by atoms with Crippen molar-refractivity contribution in [2.24, 2.45) is 0 Å². The van der Waals surface area contributed by atoms with Gasteiger partial charge in [0, 0.05) is 13.7 Å². The number of hydrogen-bond donors (Lipinski definition) is 1. The number of hydrogen-bond acceptors (Lipinski definition) is 2. The summed E-state index contributed by atoms with van der Waals surface area (Å²) in [5, 5.41) is 0. The van der Waals surface area contributed by atoms with Crippen LogP contribution < -0.4 is 0 Å². The molecule has 0 bridgehead atoms. The Balaban J connectivity index is 4.36. The van der Waals surface area contributed by atoms with Gasteiger partial charge >= 0.3 is 0 Å². The van der Waals surface area contributed by atoms with Crippen molar-refractivity contribution >= 4 is 29.2 Å². The maximum atomic E-state index is 5.10. The van der Waals surface area contributed by atoms with E-state index in [4.69, 9.17) is 17.0 Å². The molecule has 0 radical (unpaired) electrons. The van der Waals surface area contributed by atoms with Crippen molar-refractivity contribution in [2.45, 2.75) is 26.3 Å². The van der Waals surface area contributed by atoms with Gasteiger partial charge in [0.1, 0.15) is 4.32 Å². The number of rotatable bonds is 4. The number of nitrogens with zero attached hydrogens (tertiary/aromatic N) is 1. The Morgan fingerprint density at radius 1 is 1.58 bits per heavy atom. The van der Waals surface area contributed by atoms with Crippen LogP contribution >= 0.6 is 24.8 Å². The highest BCUT2D eigenvalue weighted by Gasteiger charge is 2.25. The Bertz CT molecular complexity index is 159. The van der Waals surface area contributed by atoms with Crippen LogP contribution in [0.3, 0.4) is 0 Å². The molecule has 0 fully saturated rings. The van der Waals surface area contributed by atoms with Gasteiger partial charge in [0.25, 0.3) is 0 Å². The maximum absolute atomic E-state index is 5.10. The largest absolute Gasteiger partial charge is 0.382 e. The molecule has 0 unspecified atom stereocenters. The van der Waals surface area contributed by atoms with E-state index in [0.717, 1.165) is 6.54 Å². The average molecular weight is 207 g/mol. The van der Waals surface area contributed by atoms with Crippen molar-refractivity contribution < 1.29 is 4.74 Å². The van der Waals surface area contributed by atoms with Gasteiger partial charge in [-0.2, -0.15) is 0 Å². The topological polar surface area (TPSA) is 12.5 Å². The highest BCUT2D eigenvalue weighted by atomic mass is 32.1. The van der Waals surface area contributed by atoms with Gasteiger partial charge in [-0.05, 0) is 20.8 Å². The zero-order chi connectivity index (χ0) is 9.78. The van der Waals surface area contributed by atoms with Crippen LogP contribution in [0.1, 0.15) is 20.8 Å². The minimum atomic E-state index is -0.0671. The normalized spacial score (nSPS) is 11.4. The maximum Gasteiger partial charge on any atom is 0.133 e. The molecule has 0 rings (SSSR count). The molecule has 0 spiro atoms. The fourth-order valence-electron chi connectivity index (χ4n) is 1.25. The predicted molar refractivity (Wildman–Crippen MR) is 59.9 cm³/mol. The summed E-state index contributed by atoms with van der Waals surface area (Å²) in [5.74, 6) is 0. The summed E-state index contributed by atoms with van der Waals surface area (Å²) in [6, 6.07) is 0. The molecule has 0 aliphatic heterocycles. The van der Waals surface area contributed by atoms with E-state index in [9.17, 15) is 0 Å². The van der Waals surface area contributed by atoms with E-state index < -0.39 is 0 Å². The second kappa shape index (κ2) is 5.04. The first kappa shape index (κ1) is 12.2. The van der Waals surface area contributed by atoms with Crippen LogP contribution in [0, 0.1) is 0 Å². The fourth-order valence-corrected chi connectivity index (χ4v) is 2.04. The van der Waals surface area contributed by atoms with Crippen LogP contribution in [-0.4, -0.2) is 35.0 Å². The number of ether oxygens (including phenoxy) is 1. The van der Waals surface area contributed by atoms with E-state index in [1.54, 1.807) is 7.11 Å². The Kier molecular flexibility index (Phi) is 5.13. The molecule has 0 aliphatic carbocycles. The molecule has 0 N–H and O–H groups in total. The van der Waals surface area contributed by atoms with Gasteiger partial charge in [0.15, 0.2) is 0 Å². The lowest BCUT2D eigenvalue weighted by molar-refractivity contribution is 0.0812. The molecule has 2 nitrogen and oxygen atoms in total. The van der Waals surface area contributed by atoms with Gasteiger partial charge in [0.05, 0.1) is 12.1 Å². The Hall–Kier alpha value is 0.200. The van der Waals surface area contributed by atoms with Crippen molar-refractivity contribution in [3.05, 3.63) is 0 Å². The molecule has 0 saturated heterocycles. The van der Waals surface area contributed by atoms with Crippen LogP contribution in [0.5, 0.6) is 0 Å². The second-order valence-corrected chi connectivity index (χ2v) is 4.39. The van der Waals surface area contributed by atoms with Crippen molar-refractivity contribution in [2.75, 3.05) is 20.3 Å². The van der Waals surface area contributed by atoms with E-state index in [0.29, 0.717) is 10.9 Å². The van der Waals surface area contributed by atoms with Gasteiger partial charge in [-0.1, -0.05) is 12.2 Å². The number of thiocarbonyl (C=S) groups is 1. The Morgan fingerprint density at radius 2 is 2.08 bits per heavy atom. The van der Waals surface area contributed by atoms with Crippen molar-refractivity contribution in [1.82, 2.24) is 4.90 Å². The molecule has 0 amide bonds. The quantitative estimate of drug-likeness (QED) is 0.559. The minimum absolute atomic E-state index is 0.0671. The van der Waals surface area contributed by atoms with Gasteiger partial charge in [-0.25, -0.2) is 0 Å². The molecule has 0 aliphatic rings. The number of likely N-dealkylation sites (N-methyl/N-ethyl adjacent to an activating group) is 1. The smallest absolute Gasteiger partial charge is 0.133 e. The molecule has 0 atom stereocenters. The van der Waals surface area contributed by atoms with Crippen LogP contribution in [0.15, 0.2) is 0 Å². The lowest BCUT2D eigenvalue weighted by Gasteiger charge is -2.37. The Morgan fingerprint density at radius 3 is 2.33 bits per heavy atom. The average Bonchev–Trinajstić information content (AvgIpc) is 1.86. The third-order valence-electron chi connectivity index (χ3n) is 1.78. The monoisotopic (exact) mass is 207 g/mol. The second-order valence-electron chi connectivity index (χ2n) is 3.27. The van der Waals surface area contributed by atoms with E-state index in [1.165, 1.54) is 0 Å². The van der Waals surface area contributed by atoms with E-state index >= 15 is 0 Å². The molecule has 0 heterocycles. The molecule has 72 valence electrons. The minimum Gasteiger partial charge on any atom is -0.382 e. The van der Waals surface area contributed by atoms with Gasteiger partial charge in [-0.3, -0.25) is 0 Å². The molecular formula is C8H17NOS2. The van der Waals surface area contributed by atoms with Crippen LogP contribution in [0.4, 0.5) is 0 Å². The first-order valence-corrected chi connectivity index (χ1v) is 4.80. The first-order valence-electron chi connectivity index (χ1n) is 3.95. The van der Waals surface area contributed by atoms with Crippen LogP contribution in [0.2, 0.25) is 0 Å². The van der Waals surface area contributed by atoms with Crippen molar-refractivity contribution in [3.8, 4) is 0 Å². The van der Waals surface area contributed by atoms with E-state index in [-0.39, 0.29) is 5.54 Å². The number of thiol groups is 1. The lowest BCUT2D eigenvalue weighted by atomic mass is 10.1. The fraction of sp³-hybridized carbons (Fsp3) is 0.875. The first-order chi connectivity index (χ1) is 5.45. The third kappa shape index (κ3) is 3.29.